The van der Waals surface area contributed by atoms with Crippen LogP contribution in [0.25, 0.3) is 0 Å². The molecule has 2 aliphatic rings. The quantitative estimate of drug-likeness (QED) is 0.577. The normalized spacial score (nSPS) is 35.1. The first-order valence-corrected chi connectivity index (χ1v) is 8.16. The molecule has 2 rings (SSSR count). The molecule has 0 aromatic carbocycles. The number of ether oxygens (including phenoxy) is 3. The van der Waals surface area contributed by atoms with Crippen LogP contribution < -0.4 is 0 Å². The monoisotopic (exact) mass is 286 g/mol. The molecule has 2 unspecified atom stereocenters. The van der Waals surface area contributed by atoms with Crippen molar-refractivity contribution in [2.75, 3.05) is 33.2 Å². The minimum atomic E-state index is 0.347. The molecule has 0 aromatic heterocycles. The second kappa shape index (κ2) is 8.98. The molecular formula is C16H30O4. The fourth-order valence-corrected chi connectivity index (χ4v) is 3.31. The van der Waals surface area contributed by atoms with Crippen LogP contribution in [0, 0.1) is 17.8 Å². The number of aliphatic hydroxyl groups is 1. The van der Waals surface area contributed by atoms with Gasteiger partial charge in [0.25, 0.3) is 0 Å². The van der Waals surface area contributed by atoms with E-state index in [9.17, 15) is 0 Å². The summed E-state index contributed by atoms with van der Waals surface area (Å²) in [4.78, 5) is 0. The molecule has 4 heteroatoms. The summed E-state index contributed by atoms with van der Waals surface area (Å²) in [6.45, 7) is 5.37. The maximum Gasteiger partial charge on any atom is 0.146 e. The SMILES string of the molecule is CC1CC(COCOCC2CCC(CO)CC2)CCO1. The van der Waals surface area contributed by atoms with E-state index in [1.165, 1.54) is 12.8 Å². The molecule has 0 spiro atoms. The fraction of sp³-hybridized carbons (Fsp3) is 1.00. The van der Waals surface area contributed by atoms with Crippen LogP contribution in [0.2, 0.25) is 0 Å². The van der Waals surface area contributed by atoms with E-state index in [4.69, 9.17) is 19.3 Å². The van der Waals surface area contributed by atoms with Gasteiger partial charge in [0.1, 0.15) is 6.79 Å². The van der Waals surface area contributed by atoms with Crippen LogP contribution >= 0.6 is 0 Å². The van der Waals surface area contributed by atoms with Crippen molar-refractivity contribution in [2.24, 2.45) is 17.8 Å². The Labute approximate surface area is 122 Å². The number of aliphatic hydroxyl groups excluding tert-OH is 1. The average molecular weight is 286 g/mol. The Morgan fingerprint density at radius 1 is 0.950 bits per heavy atom. The predicted octanol–water partition coefficient (Wildman–Crippen LogP) is 2.59. The Hall–Kier alpha value is -0.160. The van der Waals surface area contributed by atoms with Crippen molar-refractivity contribution < 1.29 is 19.3 Å². The summed E-state index contributed by atoms with van der Waals surface area (Å²) in [6.07, 6.45) is 7.24. The Morgan fingerprint density at radius 2 is 1.60 bits per heavy atom. The van der Waals surface area contributed by atoms with Gasteiger partial charge in [-0.2, -0.15) is 0 Å². The van der Waals surface area contributed by atoms with Crippen LogP contribution in [0.3, 0.4) is 0 Å². The molecule has 1 saturated heterocycles. The highest BCUT2D eigenvalue weighted by molar-refractivity contribution is 4.71. The molecule has 1 aliphatic carbocycles. The third-order valence-electron chi connectivity index (χ3n) is 4.69. The number of hydrogen-bond acceptors (Lipinski definition) is 4. The van der Waals surface area contributed by atoms with Gasteiger partial charge in [0, 0.05) is 13.2 Å². The first kappa shape index (κ1) is 16.2. The van der Waals surface area contributed by atoms with Crippen LogP contribution in [0.5, 0.6) is 0 Å². The molecule has 0 radical (unpaired) electrons. The van der Waals surface area contributed by atoms with Gasteiger partial charge in [-0.3, -0.25) is 0 Å². The van der Waals surface area contributed by atoms with Gasteiger partial charge in [0.2, 0.25) is 0 Å². The van der Waals surface area contributed by atoms with Crippen molar-refractivity contribution in [1.82, 2.24) is 0 Å². The Morgan fingerprint density at radius 3 is 2.25 bits per heavy atom. The van der Waals surface area contributed by atoms with Crippen molar-refractivity contribution in [2.45, 2.75) is 51.6 Å². The van der Waals surface area contributed by atoms with Gasteiger partial charge < -0.3 is 19.3 Å². The van der Waals surface area contributed by atoms with Crippen LogP contribution in [0.1, 0.15) is 45.4 Å². The van der Waals surface area contributed by atoms with Gasteiger partial charge in [-0.1, -0.05) is 0 Å². The largest absolute Gasteiger partial charge is 0.396 e. The number of rotatable bonds is 7. The third-order valence-corrected chi connectivity index (χ3v) is 4.69. The van der Waals surface area contributed by atoms with Crippen LogP contribution in [0.15, 0.2) is 0 Å². The van der Waals surface area contributed by atoms with E-state index < -0.39 is 0 Å². The second-order valence-electron chi connectivity index (χ2n) is 6.50. The summed E-state index contributed by atoms with van der Waals surface area (Å²) in [7, 11) is 0. The summed E-state index contributed by atoms with van der Waals surface area (Å²) < 4.78 is 16.8. The van der Waals surface area contributed by atoms with Gasteiger partial charge in [-0.15, -0.1) is 0 Å². The van der Waals surface area contributed by atoms with Crippen LogP contribution in [-0.2, 0) is 14.2 Å². The predicted molar refractivity (Wildman–Crippen MR) is 77.4 cm³/mol. The molecule has 0 bridgehead atoms. The topological polar surface area (TPSA) is 47.9 Å². The summed E-state index contributed by atoms with van der Waals surface area (Å²) in [5.41, 5.74) is 0. The molecule has 2 atom stereocenters. The Bertz CT molecular complexity index is 251. The smallest absolute Gasteiger partial charge is 0.146 e. The van der Waals surface area contributed by atoms with Crippen molar-refractivity contribution in [3.8, 4) is 0 Å². The highest BCUT2D eigenvalue weighted by Crippen LogP contribution is 2.28. The Kier molecular flexibility index (Phi) is 7.28. The summed E-state index contributed by atoms with van der Waals surface area (Å²) in [5, 5.41) is 9.11. The zero-order valence-corrected chi connectivity index (χ0v) is 12.8. The molecule has 1 N–H and O–H groups in total. The van der Waals surface area contributed by atoms with Crippen molar-refractivity contribution in [3.63, 3.8) is 0 Å². The molecule has 4 nitrogen and oxygen atoms in total. The van der Waals surface area contributed by atoms with Gasteiger partial charge in [0.05, 0.1) is 19.3 Å². The van der Waals surface area contributed by atoms with Gasteiger partial charge in [0.15, 0.2) is 0 Å². The summed E-state index contributed by atoms with van der Waals surface area (Å²) >= 11 is 0. The fourth-order valence-electron chi connectivity index (χ4n) is 3.31. The third kappa shape index (κ3) is 5.68. The van der Waals surface area contributed by atoms with Gasteiger partial charge in [-0.05, 0) is 63.2 Å². The zero-order valence-electron chi connectivity index (χ0n) is 12.8. The van der Waals surface area contributed by atoms with E-state index in [2.05, 4.69) is 6.92 Å². The molecule has 20 heavy (non-hydrogen) atoms. The highest BCUT2D eigenvalue weighted by atomic mass is 16.7. The molecule has 1 saturated carbocycles. The van der Waals surface area contributed by atoms with Crippen LogP contribution in [-0.4, -0.2) is 44.4 Å². The minimum Gasteiger partial charge on any atom is -0.396 e. The summed E-state index contributed by atoms with van der Waals surface area (Å²) in [6, 6.07) is 0. The lowest BCUT2D eigenvalue weighted by Gasteiger charge is -2.28. The second-order valence-corrected chi connectivity index (χ2v) is 6.50. The standard InChI is InChI=1S/C16H30O4/c1-13-8-16(6-7-20-13)11-19-12-18-10-15-4-2-14(9-17)3-5-15/h13-17H,2-12H2,1H3. The first-order valence-electron chi connectivity index (χ1n) is 8.16. The lowest BCUT2D eigenvalue weighted by molar-refractivity contribution is -0.0933. The molecule has 2 fully saturated rings. The van der Waals surface area contributed by atoms with E-state index >= 15 is 0 Å². The van der Waals surface area contributed by atoms with E-state index in [1.807, 2.05) is 0 Å². The van der Waals surface area contributed by atoms with E-state index in [0.29, 0.717) is 37.3 Å². The van der Waals surface area contributed by atoms with Crippen molar-refractivity contribution in [3.05, 3.63) is 0 Å². The van der Waals surface area contributed by atoms with Crippen molar-refractivity contribution >= 4 is 0 Å². The zero-order chi connectivity index (χ0) is 14.2. The maximum atomic E-state index is 9.11. The number of hydrogen-bond donors (Lipinski definition) is 1. The highest BCUT2D eigenvalue weighted by Gasteiger charge is 2.21. The molecule has 1 aliphatic heterocycles. The lowest BCUT2D eigenvalue weighted by Crippen LogP contribution is -2.26. The molecular weight excluding hydrogens is 256 g/mol. The van der Waals surface area contributed by atoms with E-state index in [0.717, 1.165) is 45.5 Å². The molecule has 118 valence electrons. The molecule has 1 heterocycles. The van der Waals surface area contributed by atoms with Gasteiger partial charge in [-0.25, -0.2) is 0 Å². The average Bonchev–Trinajstić information content (AvgIpc) is 2.48. The maximum absolute atomic E-state index is 9.11. The van der Waals surface area contributed by atoms with E-state index in [-0.39, 0.29) is 0 Å². The summed E-state index contributed by atoms with van der Waals surface area (Å²) in [5.74, 6) is 1.81. The lowest BCUT2D eigenvalue weighted by atomic mass is 9.83. The van der Waals surface area contributed by atoms with Crippen molar-refractivity contribution in [1.29, 1.82) is 0 Å². The van der Waals surface area contributed by atoms with Crippen LogP contribution in [0.4, 0.5) is 0 Å². The molecule has 0 amide bonds. The first-order chi connectivity index (χ1) is 9.78. The minimum absolute atomic E-state index is 0.347. The Balaban J connectivity index is 1.45. The van der Waals surface area contributed by atoms with E-state index in [1.54, 1.807) is 0 Å². The van der Waals surface area contributed by atoms with Gasteiger partial charge >= 0.3 is 0 Å². The molecule has 0 aromatic rings.